The zero-order valence-corrected chi connectivity index (χ0v) is 13.3. The second kappa shape index (κ2) is 6.91. The summed E-state index contributed by atoms with van der Waals surface area (Å²) >= 11 is 0. The molecule has 10 heteroatoms. The fourth-order valence-electron chi connectivity index (χ4n) is 2.07. The van der Waals surface area contributed by atoms with Crippen molar-refractivity contribution in [3.63, 3.8) is 0 Å². The van der Waals surface area contributed by atoms with Gasteiger partial charge in [0.25, 0.3) is 0 Å². The first-order valence-corrected chi connectivity index (χ1v) is 7.42. The van der Waals surface area contributed by atoms with Gasteiger partial charge in [0, 0.05) is 23.6 Å². The zero-order valence-electron chi connectivity index (χ0n) is 13.3. The van der Waals surface area contributed by atoms with Crippen LogP contribution in [-0.4, -0.2) is 37.2 Å². The highest BCUT2D eigenvalue weighted by molar-refractivity contribution is 5.93. The van der Waals surface area contributed by atoms with Crippen molar-refractivity contribution in [1.82, 2.24) is 25.4 Å². The lowest BCUT2D eigenvalue weighted by Gasteiger charge is -2.00. The molecule has 0 unspecified atom stereocenters. The summed E-state index contributed by atoms with van der Waals surface area (Å²) in [7, 11) is 0. The Bertz CT molecular complexity index is 898. The van der Waals surface area contributed by atoms with E-state index in [-0.39, 0.29) is 18.9 Å². The Morgan fingerprint density at radius 3 is 2.68 bits per heavy atom. The van der Waals surface area contributed by atoms with Crippen LogP contribution in [0.1, 0.15) is 22.5 Å². The van der Waals surface area contributed by atoms with Gasteiger partial charge in [-0.1, -0.05) is 17.3 Å². The minimum absolute atomic E-state index is 0.155. The van der Waals surface area contributed by atoms with E-state index in [1.54, 1.807) is 37.3 Å². The highest BCUT2D eigenvalue weighted by Crippen LogP contribution is 2.14. The van der Waals surface area contributed by atoms with Crippen LogP contribution in [0.15, 0.2) is 34.9 Å². The molecule has 0 aliphatic rings. The molecule has 0 bridgehead atoms. The SMILES string of the molecule is Cc1cc(NC(=O)CCn2nnc(-c3ccc(C(N)=O)cc3)n2)no1. The Morgan fingerprint density at radius 2 is 2.04 bits per heavy atom. The number of nitrogens with one attached hydrogen (secondary N) is 1. The first-order valence-electron chi connectivity index (χ1n) is 7.42. The van der Waals surface area contributed by atoms with Crippen LogP contribution < -0.4 is 11.1 Å². The number of aromatic nitrogens is 5. The molecule has 0 fully saturated rings. The van der Waals surface area contributed by atoms with E-state index < -0.39 is 5.91 Å². The third-order valence-electron chi connectivity index (χ3n) is 3.31. The maximum atomic E-state index is 11.8. The number of hydrogen-bond donors (Lipinski definition) is 2. The van der Waals surface area contributed by atoms with Crippen LogP contribution >= 0.6 is 0 Å². The van der Waals surface area contributed by atoms with E-state index in [1.807, 2.05) is 0 Å². The van der Waals surface area contributed by atoms with Gasteiger partial charge in [-0.2, -0.15) is 4.80 Å². The summed E-state index contributed by atoms with van der Waals surface area (Å²) in [5, 5.41) is 18.3. The van der Waals surface area contributed by atoms with E-state index in [4.69, 9.17) is 10.3 Å². The van der Waals surface area contributed by atoms with Crippen LogP contribution in [0.2, 0.25) is 0 Å². The normalized spacial score (nSPS) is 10.6. The van der Waals surface area contributed by atoms with Crippen LogP contribution in [0, 0.1) is 6.92 Å². The molecule has 1 aromatic carbocycles. The summed E-state index contributed by atoms with van der Waals surface area (Å²) in [6, 6.07) is 8.17. The number of amides is 2. The Morgan fingerprint density at radius 1 is 1.28 bits per heavy atom. The van der Waals surface area contributed by atoms with Crippen molar-refractivity contribution >= 4 is 17.6 Å². The van der Waals surface area contributed by atoms with Crippen LogP contribution in [-0.2, 0) is 11.3 Å². The van der Waals surface area contributed by atoms with E-state index in [9.17, 15) is 9.59 Å². The molecular weight excluding hydrogens is 326 g/mol. The van der Waals surface area contributed by atoms with E-state index >= 15 is 0 Å². The van der Waals surface area contributed by atoms with Crippen molar-refractivity contribution < 1.29 is 14.1 Å². The van der Waals surface area contributed by atoms with Gasteiger partial charge >= 0.3 is 0 Å². The van der Waals surface area contributed by atoms with Gasteiger partial charge in [-0.05, 0) is 24.3 Å². The number of carbonyl (C=O) groups is 2. The van der Waals surface area contributed by atoms with Crippen LogP contribution in [0.4, 0.5) is 5.82 Å². The first-order chi connectivity index (χ1) is 12.0. The molecule has 0 saturated carbocycles. The van der Waals surface area contributed by atoms with Gasteiger partial charge in [0.2, 0.25) is 17.6 Å². The van der Waals surface area contributed by atoms with Crippen molar-refractivity contribution in [3.8, 4) is 11.4 Å². The molecule has 10 nitrogen and oxygen atoms in total. The number of anilines is 1. The number of nitrogens with two attached hydrogens (primary N) is 1. The number of tetrazole rings is 1. The third-order valence-corrected chi connectivity index (χ3v) is 3.31. The monoisotopic (exact) mass is 341 g/mol. The van der Waals surface area contributed by atoms with Gasteiger partial charge in [-0.15, -0.1) is 10.2 Å². The predicted octanol–water partition coefficient (Wildman–Crippen LogP) is 0.764. The number of benzene rings is 1. The third kappa shape index (κ3) is 4.05. The van der Waals surface area contributed by atoms with E-state index in [1.165, 1.54) is 4.80 Å². The molecule has 2 heterocycles. The summed E-state index contributed by atoms with van der Waals surface area (Å²) in [5.74, 6) is 0.627. The van der Waals surface area contributed by atoms with E-state index in [0.29, 0.717) is 28.5 Å². The molecule has 25 heavy (non-hydrogen) atoms. The summed E-state index contributed by atoms with van der Waals surface area (Å²) in [6.45, 7) is 1.99. The lowest BCUT2D eigenvalue weighted by Crippen LogP contribution is -2.15. The molecule has 3 aromatic rings. The number of nitrogens with zero attached hydrogens (tertiary/aromatic N) is 5. The Labute approximate surface area is 142 Å². The molecule has 3 N–H and O–H groups in total. The number of carbonyl (C=O) groups excluding carboxylic acids is 2. The molecule has 2 aromatic heterocycles. The fraction of sp³-hybridized carbons (Fsp3) is 0.200. The summed E-state index contributed by atoms with van der Waals surface area (Å²) < 4.78 is 4.87. The van der Waals surface area contributed by atoms with Crippen LogP contribution in [0.5, 0.6) is 0 Å². The largest absolute Gasteiger partial charge is 0.366 e. The van der Waals surface area contributed by atoms with Gasteiger partial charge in [0.1, 0.15) is 5.76 Å². The Hall–Kier alpha value is -3.56. The molecule has 0 spiro atoms. The van der Waals surface area contributed by atoms with Gasteiger partial charge in [0.05, 0.1) is 6.54 Å². The molecule has 0 aliphatic carbocycles. The summed E-state index contributed by atoms with van der Waals surface area (Å²) in [6.07, 6.45) is 0.155. The standard InChI is InChI=1S/C15H15N7O3/c1-9-8-12(20-25-9)17-13(23)6-7-22-19-15(18-21-22)11-4-2-10(3-5-11)14(16)24/h2-5,8H,6-7H2,1H3,(H2,16,24)(H,17,20,23). The Kier molecular flexibility index (Phi) is 4.50. The molecule has 2 amide bonds. The minimum Gasteiger partial charge on any atom is -0.366 e. The number of aryl methyl sites for hydroxylation is 2. The highest BCUT2D eigenvalue weighted by atomic mass is 16.5. The molecular formula is C15H15N7O3. The molecule has 0 atom stereocenters. The Balaban J connectivity index is 1.58. The van der Waals surface area contributed by atoms with Crippen molar-refractivity contribution in [1.29, 1.82) is 0 Å². The van der Waals surface area contributed by atoms with Gasteiger partial charge in [-0.25, -0.2) is 0 Å². The van der Waals surface area contributed by atoms with Gasteiger partial charge in [-0.3, -0.25) is 9.59 Å². The minimum atomic E-state index is -0.503. The van der Waals surface area contributed by atoms with Crippen LogP contribution in [0.25, 0.3) is 11.4 Å². The second-order valence-corrected chi connectivity index (χ2v) is 5.27. The van der Waals surface area contributed by atoms with E-state index in [2.05, 4.69) is 25.9 Å². The summed E-state index contributed by atoms with van der Waals surface area (Å²) in [5.41, 5.74) is 6.29. The summed E-state index contributed by atoms with van der Waals surface area (Å²) in [4.78, 5) is 24.2. The lowest BCUT2D eigenvalue weighted by molar-refractivity contribution is -0.116. The lowest BCUT2D eigenvalue weighted by atomic mass is 10.1. The fourth-order valence-corrected chi connectivity index (χ4v) is 2.07. The second-order valence-electron chi connectivity index (χ2n) is 5.27. The topological polar surface area (TPSA) is 142 Å². The average Bonchev–Trinajstić information content (AvgIpc) is 3.22. The van der Waals surface area contributed by atoms with Crippen LogP contribution in [0.3, 0.4) is 0 Å². The first kappa shape index (κ1) is 16.3. The van der Waals surface area contributed by atoms with Crippen molar-refractivity contribution in [2.24, 2.45) is 5.73 Å². The number of rotatable bonds is 6. The quantitative estimate of drug-likeness (QED) is 0.674. The zero-order chi connectivity index (χ0) is 17.8. The van der Waals surface area contributed by atoms with Crippen molar-refractivity contribution in [2.75, 3.05) is 5.32 Å². The van der Waals surface area contributed by atoms with Gasteiger partial charge in [0.15, 0.2) is 5.82 Å². The van der Waals surface area contributed by atoms with E-state index in [0.717, 1.165) is 0 Å². The molecule has 0 aliphatic heterocycles. The molecule has 0 radical (unpaired) electrons. The predicted molar refractivity (Wildman–Crippen MR) is 86.3 cm³/mol. The van der Waals surface area contributed by atoms with Crippen molar-refractivity contribution in [2.45, 2.75) is 19.9 Å². The maximum absolute atomic E-state index is 11.8. The average molecular weight is 341 g/mol. The van der Waals surface area contributed by atoms with Crippen molar-refractivity contribution in [3.05, 3.63) is 41.7 Å². The number of primary amides is 1. The smallest absolute Gasteiger partial charge is 0.248 e. The van der Waals surface area contributed by atoms with Gasteiger partial charge < -0.3 is 15.6 Å². The number of hydrogen-bond acceptors (Lipinski definition) is 7. The maximum Gasteiger partial charge on any atom is 0.248 e. The molecule has 3 rings (SSSR count). The highest BCUT2D eigenvalue weighted by Gasteiger charge is 2.10. The molecule has 128 valence electrons. The molecule has 0 saturated heterocycles.